The zero-order valence-electron chi connectivity index (χ0n) is 12.1. The maximum absolute atomic E-state index is 13.5. The van der Waals surface area contributed by atoms with Gasteiger partial charge in [0.25, 0.3) is 0 Å². The molecule has 2 unspecified atom stereocenters. The first-order valence-corrected chi connectivity index (χ1v) is 6.55. The van der Waals surface area contributed by atoms with E-state index in [1.165, 1.54) is 7.05 Å². The van der Waals surface area contributed by atoms with Gasteiger partial charge in [-0.1, -0.05) is 0 Å². The van der Waals surface area contributed by atoms with Gasteiger partial charge in [-0.25, -0.2) is 0 Å². The fourth-order valence-electron chi connectivity index (χ4n) is 2.47. The highest BCUT2D eigenvalue weighted by molar-refractivity contribution is 5.44. The van der Waals surface area contributed by atoms with Crippen LogP contribution in [0.1, 0.15) is 31.0 Å². The van der Waals surface area contributed by atoms with E-state index in [-0.39, 0.29) is 11.3 Å². The Morgan fingerprint density at radius 2 is 1.77 bits per heavy atom. The van der Waals surface area contributed by atoms with Gasteiger partial charge in [0, 0.05) is 11.1 Å². The maximum atomic E-state index is 13.5. The van der Waals surface area contributed by atoms with Crippen LogP contribution in [0.4, 0.5) is 22.0 Å². The molecule has 0 spiro atoms. The van der Waals surface area contributed by atoms with Crippen molar-refractivity contribution in [2.75, 3.05) is 7.05 Å². The van der Waals surface area contributed by atoms with Crippen LogP contribution in [0.5, 0.6) is 5.75 Å². The standard InChI is InChI=1S/C14H16F5NO2/c1-12(2)11(21)10(20-3)8-6-7(4-5-9(8)22-12)13(15,16)14(17,18)19/h4-6,10-11,20-21H,1-3H3. The van der Waals surface area contributed by atoms with Crippen LogP contribution in [0.3, 0.4) is 0 Å². The van der Waals surface area contributed by atoms with E-state index in [9.17, 15) is 27.1 Å². The highest BCUT2D eigenvalue weighted by Gasteiger charge is 2.59. The minimum atomic E-state index is -5.69. The molecule has 1 aliphatic heterocycles. The number of ether oxygens (including phenoxy) is 1. The predicted octanol–water partition coefficient (Wildman–Crippen LogP) is 3.13. The van der Waals surface area contributed by atoms with Crippen molar-refractivity contribution in [1.82, 2.24) is 5.32 Å². The molecule has 1 aromatic carbocycles. The van der Waals surface area contributed by atoms with Crippen LogP contribution in [0.15, 0.2) is 18.2 Å². The molecule has 0 saturated carbocycles. The molecule has 1 heterocycles. The molecule has 1 aliphatic rings. The average molecular weight is 325 g/mol. The van der Waals surface area contributed by atoms with E-state index < -0.39 is 35.4 Å². The quantitative estimate of drug-likeness (QED) is 0.821. The van der Waals surface area contributed by atoms with Gasteiger partial charge < -0.3 is 15.2 Å². The van der Waals surface area contributed by atoms with E-state index in [0.717, 1.165) is 12.1 Å². The second-order valence-corrected chi connectivity index (χ2v) is 5.74. The van der Waals surface area contributed by atoms with Gasteiger partial charge in [0.15, 0.2) is 0 Å². The van der Waals surface area contributed by atoms with E-state index in [1.54, 1.807) is 13.8 Å². The molecule has 8 heteroatoms. The summed E-state index contributed by atoms with van der Waals surface area (Å²) in [6, 6.07) is 1.67. The zero-order valence-corrected chi connectivity index (χ0v) is 12.1. The number of benzene rings is 1. The van der Waals surface area contributed by atoms with Gasteiger partial charge in [-0.15, -0.1) is 0 Å². The van der Waals surface area contributed by atoms with Gasteiger partial charge in [-0.3, -0.25) is 0 Å². The summed E-state index contributed by atoms with van der Waals surface area (Å²) in [7, 11) is 1.48. The Labute approximate surface area is 124 Å². The molecule has 1 aromatic rings. The Balaban J connectivity index is 2.54. The van der Waals surface area contributed by atoms with E-state index in [2.05, 4.69) is 5.32 Å². The molecule has 0 saturated heterocycles. The lowest BCUT2D eigenvalue weighted by molar-refractivity contribution is -0.289. The number of likely N-dealkylation sites (N-methyl/N-ethyl adjacent to an activating group) is 1. The van der Waals surface area contributed by atoms with Crippen molar-refractivity contribution in [3.05, 3.63) is 29.3 Å². The molecule has 0 radical (unpaired) electrons. The molecule has 22 heavy (non-hydrogen) atoms. The number of halogens is 5. The third-order valence-corrected chi connectivity index (χ3v) is 3.78. The Hall–Kier alpha value is -1.41. The van der Waals surface area contributed by atoms with Gasteiger partial charge in [-0.2, -0.15) is 22.0 Å². The summed E-state index contributed by atoms with van der Waals surface area (Å²) >= 11 is 0. The Bertz CT molecular complexity index is 571. The van der Waals surface area contributed by atoms with E-state index >= 15 is 0 Å². The van der Waals surface area contributed by atoms with Crippen LogP contribution in [0.25, 0.3) is 0 Å². The second-order valence-electron chi connectivity index (χ2n) is 5.74. The van der Waals surface area contributed by atoms with Crippen LogP contribution >= 0.6 is 0 Å². The average Bonchev–Trinajstić information content (AvgIpc) is 2.38. The Morgan fingerprint density at radius 3 is 2.27 bits per heavy atom. The Kier molecular flexibility index (Phi) is 3.90. The molecule has 3 nitrogen and oxygen atoms in total. The molecular weight excluding hydrogens is 309 g/mol. The molecule has 2 rings (SSSR count). The van der Waals surface area contributed by atoms with Gasteiger partial charge in [0.1, 0.15) is 17.5 Å². The number of nitrogens with one attached hydrogen (secondary N) is 1. The fourth-order valence-corrected chi connectivity index (χ4v) is 2.47. The normalized spacial score (nSPS) is 24.6. The van der Waals surface area contributed by atoms with Crippen molar-refractivity contribution in [3.8, 4) is 5.75 Å². The van der Waals surface area contributed by atoms with Crippen molar-refractivity contribution in [3.63, 3.8) is 0 Å². The van der Waals surface area contributed by atoms with Gasteiger partial charge >= 0.3 is 12.1 Å². The number of aliphatic hydroxyl groups is 1. The minimum absolute atomic E-state index is 0.0655. The van der Waals surface area contributed by atoms with Gasteiger partial charge in [-0.05, 0) is 39.1 Å². The zero-order chi connectivity index (χ0) is 16.9. The molecule has 0 bridgehead atoms. The number of hydrogen-bond acceptors (Lipinski definition) is 3. The van der Waals surface area contributed by atoms with Crippen molar-refractivity contribution >= 4 is 0 Å². The molecule has 0 aliphatic carbocycles. The first kappa shape index (κ1) is 17.0. The number of fused-ring (bicyclic) bond motifs is 1. The summed E-state index contributed by atoms with van der Waals surface area (Å²) in [5, 5.41) is 12.9. The molecule has 2 N–H and O–H groups in total. The van der Waals surface area contributed by atoms with Crippen LogP contribution < -0.4 is 10.1 Å². The molecule has 0 fully saturated rings. The Morgan fingerprint density at radius 1 is 1.18 bits per heavy atom. The first-order valence-electron chi connectivity index (χ1n) is 6.55. The number of alkyl halides is 5. The lowest BCUT2D eigenvalue weighted by Crippen LogP contribution is -2.52. The molecular formula is C14H16F5NO2. The van der Waals surface area contributed by atoms with Crippen LogP contribution in [0.2, 0.25) is 0 Å². The van der Waals surface area contributed by atoms with Crippen molar-refractivity contribution in [2.24, 2.45) is 0 Å². The minimum Gasteiger partial charge on any atom is -0.485 e. The van der Waals surface area contributed by atoms with Gasteiger partial charge in [0.05, 0.1) is 6.04 Å². The van der Waals surface area contributed by atoms with E-state index in [1.807, 2.05) is 0 Å². The summed E-state index contributed by atoms with van der Waals surface area (Å²) in [5.41, 5.74) is -2.13. The van der Waals surface area contributed by atoms with Crippen LogP contribution in [-0.4, -0.2) is 30.0 Å². The van der Waals surface area contributed by atoms with Crippen molar-refractivity contribution in [2.45, 2.75) is 43.7 Å². The molecule has 0 amide bonds. The highest BCUT2D eigenvalue weighted by Crippen LogP contribution is 2.47. The SMILES string of the molecule is CNC1c2cc(C(F)(F)C(F)(F)F)ccc2OC(C)(C)C1O. The summed E-state index contributed by atoms with van der Waals surface area (Å²) in [6.07, 6.45) is -6.80. The van der Waals surface area contributed by atoms with Crippen LogP contribution in [-0.2, 0) is 5.92 Å². The topological polar surface area (TPSA) is 41.5 Å². The monoisotopic (exact) mass is 325 g/mol. The number of rotatable bonds is 2. The molecule has 124 valence electrons. The third kappa shape index (κ3) is 2.54. The summed E-state index contributed by atoms with van der Waals surface area (Å²) in [5.74, 6) is -4.81. The highest BCUT2D eigenvalue weighted by atomic mass is 19.4. The lowest BCUT2D eigenvalue weighted by atomic mass is 9.85. The van der Waals surface area contributed by atoms with Crippen molar-refractivity contribution < 1.29 is 31.8 Å². The van der Waals surface area contributed by atoms with E-state index in [4.69, 9.17) is 4.74 Å². The van der Waals surface area contributed by atoms with Crippen LogP contribution in [0, 0.1) is 0 Å². The largest absolute Gasteiger partial charge is 0.485 e. The maximum Gasteiger partial charge on any atom is 0.458 e. The van der Waals surface area contributed by atoms with E-state index in [0.29, 0.717) is 6.07 Å². The summed E-state index contributed by atoms with van der Waals surface area (Å²) in [6.45, 7) is 3.20. The smallest absolute Gasteiger partial charge is 0.458 e. The fraction of sp³-hybridized carbons (Fsp3) is 0.571. The number of aliphatic hydroxyl groups excluding tert-OH is 1. The molecule has 2 atom stereocenters. The summed E-state index contributed by atoms with van der Waals surface area (Å²) < 4.78 is 69.9. The third-order valence-electron chi connectivity index (χ3n) is 3.78. The lowest BCUT2D eigenvalue weighted by Gasteiger charge is -2.42. The number of hydrogen-bond donors (Lipinski definition) is 2. The predicted molar refractivity (Wildman–Crippen MR) is 68.9 cm³/mol. The first-order chi connectivity index (χ1) is 9.91. The second kappa shape index (κ2) is 5.06. The molecule has 0 aromatic heterocycles. The van der Waals surface area contributed by atoms with Crippen molar-refractivity contribution in [1.29, 1.82) is 0 Å². The van der Waals surface area contributed by atoms with Gasteiger partial charge in [0.2, 0.25) is 0 Å². The summed E-state index contributed by atoms with van der Waals surface area (Å²) in [4.78, 5) is 0.